The summed E-state index contributed by atoms with van der Waals surface area (Å²) < 4.78 is 4.86. The Kier molecular flexibility index (Phi) is 3.99. The fraction of sp³-hybridized carbons (Fsp3) is 0.462. The molecule has 2 aromatic rings. The van der Waals surface area contributed by atoms with Gasteiger partial charge in [-0.05, 0) is 19.3 Å². The third-order valence-electron chi connectivity index (χ3n) is 2.95. The van der Waals surface area contributed by atoms with Crippen molar-refractivity contribution in [1.29, 1.82) is 0 Å². The quantitative estimate of drug-likeness (QED) is 0.867. The van der Waals surface area contributed by atoms with Crippen molar-refractivity contribution in [3.63, 3.8) is 0 Å². The van der Waals surface area contributed by atoms with Crippen molar-refractivity contribution < 1.29 is 9.32 Å². The highest BCUT2D eigenvalue weighted by molar-refractivity contribution is 6.02. The van der Waals surface area contributed by atoms with Gasteiger partial charge in [-0.15, -0.1) is 0 Å². The smallest absolute Gasteiger partial charge is 0.279 e. The van der Waals surface area contributed by atoms with Crippen molar-refractivity contribution in [2.45, 2.75) is 39.5 Å². The SMILES string of the molecule is CCC[C@H](C)c1cc(NC(=O)c2cc(C)on2)n[nH]1. The molecule has 0 unspecified atom stereocenters. The van der Waals surface area contributed by atoms with Gasteiger partial charge in [0, 0.05) is 17.8 Å². The van der Waals surface area contributed by atoms with E-state index < -0.39 is 0 Å². The molecule has 0 aliphatic carbocycles. The second-order valence-electron chi connectivity index (χ2n) is 4.68. The maximum absolute atomic E-state index is 11.8. The number of aromatic nitrogens is 3. The van der Waals surface area contributed by atoms with Gasteiger partial charge in [-0.1, -0.05) is 25.4 Å². The molecule has 102 valence electrons. The lowest BCUT2D eigenvalue weighted by Crippen LogP contribution is -2.12. The number of carbonyl (C=O) groups excluding carboxylic acids is 1. The largest absolute Gasteiger partial charge is 0.361 e. The number of rotatable bonds is 5. The first-order valence-electron chi connectivity index (χ1n) is 6.40. The van der Waals surface area contributed by atoms with Crippen LogP contribution in [0.3, 0.4) is 0 Å². The summed E-state index contributed by atoms with van der Waals surface area (Å²) in [4.78, 5) is 11.8. The summed E-state index contributed by atoms with van der Waals surface area (Å²) >= 11 is 0. The summed E-state index contributed by atoms with van der Waals surface area (Å²) in [6, 6.07) is 3.44. The van der Waals surface area contributed by atoms with Crippen molar-refractivity contribution in [3.8, 4) is 0 Å². The zero-order valence-corrected chi connectivity index (χ0v) is 11.4. The Bertz CT molecular complexity index is 558. The van der Waals surface area contributed by atoms with Crippen LogP contribution in [0.4, 0.5) is 5.82 Å². The zero-order chi connectivity index (χ0) is 13.8. The Balaban J connectivity index is 2.02. The summed E-state index contributed by atoms with van der Waals surface area (Å²) in [5, 5.41) is 13.4. The molecule has 2 N–H and O–H groups in total. The molecule has 0 saturated carbocycles. The predicted molar refractivity (Wildman–Crippen MR) is 71.1 cm³/mol. The molecule has 1 atom stereocenters. The first kappa shape index (κ1) is 13.3. The van der Waals surface area contributed by atoms with E-state index in [0.29, 0.717) is 17.5 Å². The fourth-order valence-electron chi connectivity index (χ4n) is 1.90. The minimum Gasteiger partial charge on any atom is -0.361 e. The van der Waals surface area contributed by atoms with Gasteiger partial charge in [0.1, 0.15) is 5.76 Å². The molecule has 0 aliphatic rings. The third-order valence-corrected chi connectivity index (χ3v) is 2.95. The third kappa shape index (κ3) is 3.21. The maximum Gasteiger partial charge on any atom is 0.279 e. The van der Waals surface area contributed by atoms with Crippen LogP contribution in [-0.4, -0.2) is 21.3 Å². The number of hydrogen-bond acceptors (Lipinski definition) is 4. The van der Waals surface area contributed by atoms with Crippen molar-refractivity contribution in [1.82, 2.24) is 15.4 Å². The van der Waals surface area contributed by atoms with Crippen LogP contribution in [0.2, 0.25) is 0 Å². The van der Waals surface area contributed by atoms with Crippen molar-refractivity contribution >= 4 is 11.7 Å². The Morgan fingerprint density at radius 2 is 2.32 bits per heavy atom. The van der Waals surface area contributed by atoms with Crippen molar-refractivity contribution in [3.05, 3.63) is 29.3 Å². The van der Waals surface area contributed by atoms with E-state index in [-0.39, 0.29) is 11.6 Å². The highest BCUT2D eigenvalue weighted by atomic mass is 16.5. The normalized spacial score (nSPS) is 12.4. The summed E-state index contributed by atoms with van der Waals surface area (Å²) in [7, 11) is 0. The van der Waals surface area contributed by atoms with Crippen molar-refractivity contribution in [2.75, 3.05) is 5.32 Å². The molecule has 0 fully saturated rings. The van der Waals surface area contributed by atoms with Crippen LogP contribution < -0.4 is 5.32 Å². The minimum absolute atomic E-state index is 0.253. The Hall–Kier alpha value is -2.11. The average molecular weight is 262 g/mol. The van der Waals surface area contributed by atoms with Crippen LogP contribution in [0.15, 0.2) is 16.7 Å². The average Bonchev–Trinajstić information content (AvgIpc) is 2.98. The van der Waals surface area contributed by atoms with Crippen molar-refractivity contribution in [2.24, 2.45) is 0 Å². The lowest BCUT2D eigenvalue weighted by atomic mass is 10.0. The van der Waals surface area contributed by atoms with Crippen LogP contribution >= 0.6 is 0 Å². The molecule has 0 bridgehead atoms. The number of hydrogen-bond donors (Lipinski definition) is 2. The van der Waals surface area contributed by atoms with Gasteiger partial charge in [-0.2, -0.15) is 5.10 Å². The number of nitrogens with one attached hydrogen (secondary N) is 2. The van der Waals surface area contributed by atoms with E-state index in [2.05, 4.69) is 34.5 Å². The molecule has 0 saturated heterocycles. The van der Waals surface area contributed by atoms with E-state index >= 15 is 0 Å². The van der Waals surface area contributed by atoms with Gasteiger partial charge >= 0.3 is 0 Å². The van der Waals surface area contributed by atoms with E-state index in [1.165, 1.54) is 0 Å². The molecule has 6 heteroatoms. The Morgan fingerprint density at radius 1 is 1.53 bits per heavy atom. The predicted octanol–water partition coefficient (Wildman–Crippen LogP) is 2.86. The molecule has 1 amide bonds. The number of amides is 1. The van der Waals surface area contributed by atoms with E-state index in [1.54, 1.807) is 13.0 Å². The number of H-pyrrole nitrogens is 1. The Morgan fingerprint density at radius 3 is 2.95 bits per heavy atom. The lowest BCUT2D eigenvalue weighted by molar-refractivity contribution is 0.101. The molecule has 2 heterocycles. The second kappa shape index (κ2) is 5.69. The number of anilines is 1. The molecule has 0 spiro atoms. The first-order valence-corrected chi connectivity index (χ1v) is 6.40. The van der Waals surface area contributed by atoms with Gasteiger partial charge in [-0.3, -0.25) is 9.89 Å². The first-order chi connectivity index (χ1) is 9.10. The number of nitrogens with zero attached hydrogens (tertiary/aromatic N) is 2. The van der Waals surface area contributed by atoms with E-state index in [4.69, 9.17) is 4.52 Å². The van der Waals surface area contributed by atoms with Crippen LogP contribution in [0.5, 0.6) is 0 Å². The van der Waals surface area contributed by atoms with Gasteiger partial charge in [-0.25, -0.2) is 0 Å². The van der Waals surface area contributed by atoms with Crippen LogP contribution in [0.25, 0.3) is 0 Å². The lowest BCUT2D eigenvalue weighted by Gasteiger charge is -2.05. The van der Waals surface area contributed by atoms with E-state index in [0.717, 1.165) is 18.5 Å². The molecule has 2 aromatic heterocycles. The zero-order valence-electron chi connectivity index (χ0n) is 11.4. The van der Waals surface area contributed by atoms with Gasteiger partial charge in [0.25, 0.3) is 5.91 Å². The highest BCUT2D eigenvalue weighted by Gasteiger charge is 2.14. The molecule has 6 nitrogen and oxygen atoms in total. The fourth-order valence-corrected chi connectivity index (χ4v) is 1.90. The molecular weight excluding hydrogens is 244 g/mol. The van der Waals surface area contributed by atoms with Crippen LogP contribution in [0, 0.1) is 6.92 Å². The summed E-state index contributed by atoms with van der Waals surface area (Å²) in [5.74, 6) is 1.18. The second-order valence-corrected chi connectivity index (χ2v) is 4.68. The molecule has 0 aliphatic heterocycles. The maximum atomic E-state index is 11.8. The van der Waals surface area contributed by atoms with Gasteiger partial charge < -0.3 is 9.84 Å². The monoisotopic (exact) mass is 262 g/mol. The number of carbonyl (C=O) groups is 1. The molecule has 19 heavy (non-hydrogen) atoms. The number of aryl methyl sites for hydroxylation is 1. The van der Waals surface area contributed by atoms with Gasteiger partial charge in [0.05, 0.1) is 0 Å². The molecule has 0 aromatic carbocycles. The van der Waals surface area contributed by atoms with Crippen LogP contribution in [-0.2, 0) is 0 Å². The minimum atomic E-state index is -0.321. The summed E-state index contributed by atoms with van der Waals surface area (Å²) in [5.41, 5.74) is 1.28. The standard InChI is InChI=1S/C13H18N4O2/c1-4-5-8(2)10-7-12(16-15-10)14-13(18)11-6-9(3)19-17-11/h6-8H,4-5H2,1-3H3,(H2,14,15,16,18)/t8-/m0/s1. The molecule has 0 radical (unpaired) electrons. The number of aromatic amines is 1. The highest BCUT2D eigenvalue weighted by Crippen LogP contribution is 2.20. The topological polar surface area (TPSA) is 83.8 Å². The van der Waals surface area contributed by atoms with Gasteiger partial charge in [0.15, 0.2) is 11.5 Å². The van der Waals surface area contributed by atoms with E-state index in [9.17, 15) is 4.79 Å². The molecular formula is C13H18N4O2. The Labute approximate surface area is 111 Å². The van der Waals surface area contributed by atoms with Gasteiger partial charge in [0.2, 0.25) is 0 Å². The summed E-state index contributed by atoms with van der Waals surface area (Å²) in [6.07, 6.45) is 2.19. The molecule has 2 rings (SSSR count). The van der Waals surface area contributed by atoms with Crippen LogP contribution in [0.1, 0.15) is 54.5 Å². The van der Waals surface area contributed by atoms with E-state index in [1.807, 2.05) is 6.07 Å². The summed E-state index contributed by atoms with van der Waals surface area (Å²) in [6.45, 7) is 6.01.